The molecule has 2 heterocycles. The lowest BCUT2D eigenvalue weighted by Crippen LogP contribution is -2.33. The Labute approximate surface area is 262 Å². The van der Waals surface area contributed by atoms with E-state index in [1.165, 1.54) is 11.4 Å². The predicted octanol–water partition coefficient (Wildman–Crippen LogP) is 5.15. The highest BCUT2D eigenvalue weighted by atomic mass is 35.5. The summed E-state index contributed by atoms with van der Waals surface area (Å²) in [6, 6.07) is 11.9. The molecule has 5 N–H and O–H groups in total. The molecule has 1 atom stereocenters. The van der Waals surface area contributed by atoms with E-state index < -0.39 is 0 Å². The molecule has 4 rings (SSSR count). The van der Waals surface area contributed by atoms with E-state index >= 15 is 0 Å². The normalized spacial score (nSPS) is 14.8. The van der Waals surface area contributed by atoms with E-state index in [0.717, 1.165) is 41.2 Å². The van der Waals surface area contributed by atoms with Crippen molar-refractivity contribution in [3.05, 3.63) is 58.5 Å². The summed E-state index contributed by atoms with van der Waals surface area (Å²) in [5.41, 5.74) is 5.76. The Balaban J connectivity index is 1.53. The highest BCUT2D eigenvalue weighted by Gasteiger charge is 2.27. The van der Waals surface area contributed by atoms with Gasteiger partial charge >= 0.3 is 0 Å². The van der Waals surface area contributed by atoms with Gasteiger partial charge in [-0.3, -0.25) is 9.88 Å². The molecular formula is C31H40ClN7O3S. The van der Waals surface area contributed by atoms with Gasteiger partial charge in [0.25, 0.3) is 0 Å². The zero-order valence-electron chi connectivity index (χ0n) is 25.1. The minimum Gasteiger partial charge on any atom is -0.495 e. The number of aliphatic hydroxyl groups is 2. The Morgan fingerprint density at radius 1 is 1.19 bits per heavy atom. The van der Waals surface area contributed by atoms with Crippen molar-refractivity contribution in [2.24, 2.45) is 0 Å². The summed E-state index contributed by atoms with van der Waals surface area (Å²) in [7, 11) is 1.61. The third kappa shape index (κ3) is 7.77. The molecule has 0 saturated heterocycles. The first-order chi connectivity index (χ1) is 20.8. The van der Waals surface area contributed by atoms with E-state index in [0.29, 0.717) is 47.2 Å². The highest BCUT2D eigenvalue weighted by molar-refractivity contribution is 8.00. The average Bonchev–Trinajstić information content (AvgIpc) is 3.27. The number of hydrogen-bond donors (Lipinski definition) is 5. The number of hydrogen-bond acceptors (Lipinski definition) is 11. The molecule has 1 aliphatic rings. The maximum atomic E-state index is 9.90. The van der Waals surface area contributed by atoms with Gasteiger partial charge < -0.3 is 35.8 Å². The molecule has 0 bridgehead atoms. The topological polar surface area (TPSA) is 129 Å². The zero-order chi connectivity index (χ0) is 30.9. The van der Waals surface area contributed by atoms with Crippen molar-refractivity contribution in [3.63, 3.8) is 0 Å². The van der Waals surface area contributed by atoms with Crippen molar-refractivity contribution in [1.82, 2.24) is 20.1 Å². The molecule has 0 radical (unpaired) electrons. The molecule has 1 aliphatic heterocycles. The van der Waals surface area contributed by atoms with Crippen LogP contribution in [0.3, 0.4) is 0 Å². The summed E-state index contributed by atoms with van der Waals surface area (Å²) in [4.78, 5) is 9.83. The second-order valence-electron chi connectivity index (χ2n) is 10.2. The van der Waals surface area contributed by atoms with Gasteiger partial charge in [0.2, 0.25) is 0 Å². The first-order valence-corrected chi connectivity index (χ1v) is 15.6. The number of aliphatic hydroxyl groups excluding tert-OH is 2. The molecule has 1 aromatic heterocycles. The zero-order valence-corrected chi connectivity index (χ0v) is 26.6. The molecule has 0 saturated carbocycles. The third-order valence-corrected chi connectivity index (χ3v) is 9.12. The number of allylic oxidation sites excluding steroid dienone is 2. The average molecular weight is 626 g/mol. The molecule has 1 unspecified atom stereocenters. The van der Waals surface area contributed by atoms with Gasteiger partial charge in [0, 0.05) is 59.7 Å². The third-order valence-electron chi connectivity index (χ3n) is 7.49. The van der Waals surface area contributed by atoms with Crippen molar-refractivity contribution in [1.29, 1.82) is 5.26 Å². The number of pyridine rings is 1. The van der Waals surface area contributed by atoms with Crippen LogP contribution in [0.5, 0.6) is 5.75 Å². The van der Waals surface area contributed by atoms with E-state index in [-0.39, 0.29) is 18.7 Å². The molecule has 0 spiro atoms. The molecular weight excluding hydrogens is 586 g/mol. The minimum atomic E-state index is 0.0563. The van der Waals surface area contributed by atoms with Crippen molar-refractivity contribution in [3.8, 4) is 11.8 Å². The van der Waals surface area contributed by atoms with E-state index in [1.54, 1.807) is 25.1 Å². The van der Waals surface area contributed by atoms with Crippen LogP contribution >= 0.6 is 23.4 Å². The quantitative estimate of drug-likeness (QED) is 0.144. The van der Waals surface area contributed by atoms with Crippen LogP contribution in [0.4, 0.5) is 17.1 Å². The van der Waals surface area contributed by atoms with Gasteiger partial charge in [0.15, 0.2) is 5.50 Å². The number of halogens is 1. The highest BCUT2D eigenvalue weighted by Crippen LogP contribution is 2.39. The number of rotatable bonds is 15. The van der Waals surface area contributed by atoms with Gasteiger partial charge in [-0.15, -0.1) is 0 Å². The number of thioether (sulfide) groups is 1. The summed E-state index contributed by atoms with van der Waals surface area (Å²) in [5.74, 6) is 0.628. The largest absolute Gasteiger partial charge is 0.495 e. The van der Waals surface area contributed by atoms with Gasteiger partial charge in [-0.05, 0) is 64.1 Å². The summed E-state index contributed by atoms with van der Waals surface area (Å²) in [6.07, 6.45) is 2.38. The number of fused-ring (bicyclic) bond motifs is 1. The predicted molar refractivity (Wildman–Crippen MR) is 175 cm³/mol. The fourth-order valence-electron chi connectivity index (χ4n) is 5.08. The Kier molecular flexibility index (Phi) is 11.6. The summed E-state index contributed by atoms with van der Waals surface area (Å²) >= 11 is 8.43. The van der Waals surface area contributed by atoms with Crippen LogP contribution in [0.25, 0.3) is 10.9 Å². The number of methoxy groups -OCH3 is 1. The Morgan fingerprint density at radius 3 is 2.60 bits per heavy atom. The fourth-order valence-corrected chi connectivity index (χ4v) is 6.63. The number of nitrogens with one attached hydrogen (secondary N) is 3. The maximum Gasteiger partial charge on any atom is 0.152 e. The summed E-state index contributed by atoms with van der Waals surface area (Å²) in [5, 5.41) is 40.1. The van der Waals surface area contributed by atoms with Crippen LogP contribution in [0, 0.1) is 11.3 Å². The number of ether oxygens (including phenoxy) is 1. The Morgan fingerprint density at radius 2 is 1.95 bits per heavy atom. The van der Waals surface area contributed by atoms with Crippen molar-refractivity contribution < 1.29 is 14.9 Å². The SMILES string of the molecule is CCN1C(C)=C(C)NC1Sc1ccc(Nc2c(C#N)cnc3cc(NCCCN(CCO)CCO)c(OC)cc23)cc1Cl. The number of benzene rings is 2. The van der Waals surface area contributed by atoms with Crippen LogP contribution < -0.4 is 20.7 Å². The summed E-state index contributed by atoms with van der Waals surface area (Å²) < 4.78 is 5.70. The number of nitrogens with zero attached hydrogens (tertiary/aromatic N) is 4. The second-order valence-corrected chi connectivity index (χ2v) is 11.7. The van der Waals surface area contributed by atoms with Gasteiger partial charge in [-0.25, -0.2) is 0 Å². The first-order valence-electron chi connectivity index (χ1n) is 14.4. The Bertz CT molecular complexity index is 1490. The van der Waals surface area contributed by atoms with Crippen molar-refractivity contribution in [2.75, 3.05) is 63.7 Å². The molecule has 2 aromatic carbocycles. The molecule has 0 amide bonds. The van der Waals surface area contributed by atoms with E-state index in [1.807, 2.05) is 35.2 Å². The van der Waals surface area contributed by atoms with E-state index in [9.17, 15) is 15.5 Å². The lowest BCUT2D eigenvalue weighted by atomic mass is 10.1. The van der Waals surface area contributed by atoms with Gasteiger partial charge in [0.1, 0.15) is 11.8 Å². The van der Waals surface area contributed by atoms with Crippen LogP contribution in [0.15, 0.2) is 52.8 Å². The van der Waals surface area contributed by atoms with Gasteiger partial charge in [-0.1, -0.05) is 23.4 Å². The van der Waals surface area contributed by atoms with E-state index in [2.05, 4.69) is 52.7 Å². The second kappa shape index (κ2) is 15.4. The first kappa shape index (κ1) is 32.5. The number of aromatic nitrogens is 1. The van der Waals surface area contributed by atoms with E-state index in [4.69, 9.17) is 16.3 Å². The van der Waals surface area contributed by atoms with Crippen LogP contribution in [-0.4, -0.2) is 83.5 Å². The smallest absolute Gasteiger partial charge is 0.152 e. The van der Waals surface area contributed by atoms with Crippen LogP contribution in [0.2, 0.25) is 5.02 Å². The van der Waals surface area contributed by atoms with Crippen molar-refractivity contribution >= 4 is 51.3 Å². The number of nitriles is 1. The van der Waals surface area contributed by atoms with Gasteiger partial charge in [0.05, 0.1) is 47.8 Å². The number of anilines is 3. The lowest BCUT2D eigenvalue weighted by Gasteiger charge is -2.26. The summed E-state index contributed by atoms with van der Waals surface area (Å²) in [6.45, 7) is 9.82. The standard InChI is InChI=1S/C31H40ClN7O3S/c1-5-39-21(3)20(2)36-31(39)43-29-8-7-23(15-25(29)32)37-30-22(18-33)19-35-26-17-27(28(42-4)16-24(26)30)34-9-6-10-38(11-13-40)12-14-41/h7-8,15-17,19,31,34,36,40-41H,5-6,9-14H2,1-4H3,(H,35,37). The minimum absolute atomic E-state index is 0.0563. The Hall–Kier alpha value is -3.40. The molecule has 0 fully saturated rings. The maximum absolute atomic E-state index is 9.90. The molecule has 43 heavy (non-hydrogen) atoms. The van der Waals surface area contributed by atoms with Gasteiger partial charge in [-0.2, -0.15) is 5.26 Å². The molecule has 10 nitrogen and oxygen atoms in total. The van der Waals surface area contributed by atoms with Crippen LogP contribution in [-0.2, 0) is 0 Å². The monoisotopic (exact) mass is 625 g/mol. The van der Waals surface area contributed by atoms with Crippen LogP contribution in [0.1, 0.15) is 32.8 Å². The van der Waals surface area contributed by atoms with Crippen molar-refractivity contribution in [2.45, 2.75) is 37.6 Å². The fraction of sp³-hybridized carbons (Fsp3) is 0.419. The molecule has 3 aromatic rings. The lowest BCUT2D eigenvalue weighted by molar-refractivity contribution is 0.161. The molecule has 230 valence electrons. The molecule has 12 heteroatoms. The molecule has 0 aliphatic carbocycles.